The lowest BCUT2D eigenvalue weighted by atomic mass is 10.1. The standard InChI is InChI=1S/C25H22ClNO7S/c1-34-20-4-2-3-18(13-20)22-14-25(22,24(30)31)27(15-23(28)29)35(32,33)21-11-7-17(8-12-21)16-5-9-19(26)10-6-16/h2-13,22H,14-15H2,1H3,(H,28,29)(H,30,31)/t22-,25+/m0/s1. The molecule has 3 aromatic rings. The SMILES string of the molecule is COc1cccc([C@@H]2C[C@@]2(C(=O)O)N(CC(=O)O)S(=O)(=O)c2ccc(-c3ccc(Cl)cc3)cc2)c1. The van der Waals surface area contributed by atoms with Crippen LogP contribution in [0.5, 0.6) is 5.75 Å². The number of rotatable bonds is 9. The van der Waals surface area contributed by atoms with Crippen molar-refractivity contribution in [2.75, 3.05) is 13.7 Å². The molecule has 0 unspecified atom stereocenters. The Kier molecular flexibility index (Phi) is 6.59. The number of hydrogen-bond donors (Lipinski definition) is 2. The van der Waals surface area contributed by atoms with Gasteiger partial charge in [-0.2, -0.15) is 4.31 Å². The number of carboxylic acids is 2. The predicted octanol–water partition coefficient (Wildman–Crippen LogP) is 4.10. The normalized spacial score (nSPS) is 19.3. The molecule has 35 heavy (non-hydrogen) atoms. The number of ether oxygens (including phenoxy) is 1. The van der Waals surface area contributed by atoms with Gasteiger partial charge < -0.3 is 14.9 Å². The van der Waals surface area contributed by atoms with Crippen LogP contribution in [0.25, 0.3) is 11.1 Å². The molecule has 2 N–H and O–H groups in total. The lowest BCUT2D eigenvalue weighted by Gasteiger charge is -2.28. The quantitative estimate of drug-likeness (QED) is 0.440. The molecule has 4 rings (SSSR count). The van der Waals surface area contributed by atoms with Gasteiger partial charge in [-0.05, 0) is 59.5 Å². The highest BCUT2D eigenvalue weighted by Gasteiger charge is 2.68. The van der Waals surface area contributed by atoms with Gasteiger partial charge in [0.05, 0.1) is 12.0 Å². The zero-order valence-corrected chi connectivity index (χ0v) is 20.2. The number of methoxy groups -OCH3 is 1. The van der Waals surface area contributed by atoms with Gasteiger partial charge in [0.15, 0.2) is 0 Å². The summed E-state index contributed by atoms with van der Waals surface area (Å²) in [4.78, 5) is 23.9. The van der Waals surface area contributed by atoms with Crippen molar-refractivity contribution in [2.45, 2.75) is 22.8 Å². The maximum absolute atomic E-state index is 13.6. The number of carbonyl (C=O) groups is 2. The third-order valence-corrected chi connectivity index (χ3v) is 8.30. The molecule has 0 aromatic heterocycles. The van der Waals surface area contributed by atoms with E-state index < -0.39 is 40.0 Å². The summed E-state index contributed by atoms with van der Waals surface area (Å²) in [6, 6.07) is 19.5. The van der Waals surface area contributed by atoms with Crippen LogP contribution in [0.3, 0.4) is 0 Å². The first-order valence-corrected chi connectivity index (χ1v) is 12.4. The van der Waals surface area contributed by atoms with Gasteiger partial charge in [-0.25, -0.2) is 8.42 Å². The second-order valence-corrected chi connectivity index (χ2v) is 10.5. The molecule has 1 aliphatic carbocycles. The Morgan fingerprint density at radius 2 is 1.63 bits per heavy atom. The minimum Gasteiger partial charge on any atom is -0.497 e. The third kappa shape index (κ3) is 4.62. The van der Waals surface area contributed by atoms with Crippen molar-refractivity contribution in [1.82, 2.24) is 4.31 Å². The summed E-state index contributed by atoms with van der Waals surface area (Å²) in [7, 11) is -3.02. The minimum absolute atomic E-state index is 0.0646. The fraction of sp³-hybridized carbons (Fsp3) is 0.200. The topological polar surface area (TPSA) is 121 Å². The molecular weight excluding hydrogens is 494 g/mol. The van der Waals surface area contributed by atoms with E-state index in [0.29, 0.717) is 20.6 Å². The molecule has 0 saturated heterocycles. The first-order valence-electron chi connectivity index (χ1n) is 10.6. The van der Waals surface area contributed by atoms with Crippen LogP contribution in [0, 0.1) is 0 Å². The molecule has 1 saturated carbocycles. The van der Waals surface area contributed by atoms with E-state index >= 15 is 0 Å². The molecule has 8 nitrogen and oxygen atoms in total. The van der Waals surface area contributed by atoms with Gasteiger partial charge in [-0.15, -0.1) is 0 Å². The summed E-state index contributed by atoms with van der Waals surface area (Å²) in [5, 5.41) is 20.2. The highest BCUT2D eigenvalue weighted by Crippen LogP contribution is 2.57. The molecule has 3 aromatic carbocycles. The Hall–Kier alpha value is -3.40. The van der Waals surface area contributed by atoms with E-state index in [2.05, 4.69) is 0 Å². The van der Waals surface area contributed by atoms with Crippen molar-refractivity contribution in [1.29, 1.82) is 0 Å². The van der Waals surface area contributed by atoms with Gasteiger partial charge in [0, 0.05) is 10.9 Å². The maximum atomic E-state index is 13.6. The maximum Gasteiger partial charge on any atom is 0.325 e. The van der Waals surface area contributed by atoms with Crippen molar-refractivity contribution in [3.05, 3.63) is 83.4 Å². The van der Waals surface area contributed by atoms with E-state index in [0.717, 1.165) is 11.1 Å². The van der Waals surface area contributed by atoms with Crippen molar-refractivity contribution in [3.63, 3.8) is 0 Å². The highest BCUT2D eigenvalue weighted by atomic mass is 35.5. The van der Waals surface area contributed by atoms with Crippen LogP contribution in [0.15, 0.2) is 77.7 Å². The van der Waals surface area contributed by atoms with Crippen LogP contribution in [-0.2, 0) is 19.6 Å². The van der Waals surface area contributed by atoms with Crippen LogP contribution in [0.4, 0.5) is 0 Å². The molecule has 10 heteroatoms. The van der Waals surface area contributed by atoms with Gasteiger partial charge in [0.2, 0.25) is 10.0 Å². The van der Waals surface area contributed by atoms with Crippen molar-refractivity contribution >= 4 is 33.6 Å². The van der Waals surface area contributed by atoms with Gasteiger partial charge in [0.25, 0.3) is 0 Å². The first kappa shape index (κ1) is 24.7. The molecule has 0 amide bonds. The number of sulfonamides is 1. The van der Waals surface area contributed by atoms with Gasteiger partial charge in [-0.3, -0.25) is 9.59 Å². The van der Waals surface area contributed by atoms with Gasteiger partial charge >= 0.3 is 11.9 Å². The number of benzene rings is 3. The minimum atomic E-state index is -4.48. The number of nitrogens with zero attached hydrogens (tertiary/aromatic N) is 1. The molecule has 0 spiro atoms. The number of halogens is 1. The van der Waals surface area contributed by atoms with Crippen molar-refractivity contribution in [2.24, 2.45) is 0 Å². The van der Waals surface area contributed by atoms with E-state index in [1.54, 1.807) is 60.7 Å². The van der Waals surface area contributed by atoms with E-state index in [-0.39, 0.29) is 11.3 Å². The average Bonchev–Trinajstić information content (AvgIpc) is 3.60. The Morgan fingerprint density at radius 1 is 1.03 bits per heavy atom. The summed E-state index contributed by atoms with van der Waals surface area (Å²) in [5.41, 5.74) is 0.149. The summed E-state index contributed by atoms with van der Waals surface area (Å²) in [6.07, 6.45) is -0.0646. The molecule has 0 heterocycles. The van der Waals surface area contributed by atoms with E-state index in [1.807, 2.05) is 0 Å². The lowest BCUT2D eigenvalue weighted by Crippen LogP contribution is -2.50. The first-order chi connectivity index (χ1) is 16.6. The van der Waals surface area contributed by atoms with Gasteiger partial charge in [-0.1, -0.05) is 48.0 Å². The fourth-order valence-corrected chi connectivity index (χ4v) is 6.12. The monoisotopic (exact) mass is 515 g/mol. The lowest BCUT2D eigenvalue weighted by molar-refractivity contribution is -0.145. The molecule has 0 aliphatic heterocycles. The zero-order chi connectivity index (χ0) is 25.4. The van der Waals surface area contributed by atoms with Crippen LogP contribution in [-0.4, -0.2) is 54.1 Å². The third-order valence-electron chi connectivity index (χ3n) is 6.14. The van der Waals surface area contributed by atoms with Crippen molar-refractivity contribution in [3.8, 4) is 16.9 Å². The fourth-order valence-electron chi connectivity index (χ4n) is 4.28. The average molecular weight is 516 g/mol. The van der Waals surface area contributed by atoms with Crippen LogP contribution in [0.1, 0.15) is 17.9 Å². The number of carboxylic acid groups (broad SMARTS) is 2. The van der Waals surface area contributed by atoms with Crippen molar-refractivity contribution < 1.29 is 33.0 Å². The summed E-state index contributed by atoms with van der Waals surface area (Å²) >= 11 is 5.92. The summed E-state index contributed by atoms with van der Waals surface area (Å²) in [5.74, 6) is -3.12. The molecule has 1 aliphatic rings. The zero-order valence-electron chi connectivity index (χ0n) is 18.6. The van der Waals surface area contributed by atoms with Crippen LogP contribution < -0.4 is 4.74 Å². The highest BCUT2D eigenvalue weighted by molar-refractivity contribution is 7.89. The number of hydrogen-bond acceptors (Lipinski definition) is 5. The molecule has 1 fully saturated rings. The molecule has 0 radical (unpaired) electrons. The smallest absolute Gasteiger partial charge is 0.325 e. The van der Waals surface area contributed by atoms with E-state index in [1.165, 1.54) is 19.2 Å². The van der Waals surface area contributed by atoms with Crippen LogP contribution >= 0.6 is 11.6 Å². The van der Waals surface area contributed by atoms with Crippen LogP contribution in [0.2, 0.25) is 5.02 Å². The largest absolute Gasteiger partial charge is 0.497 e. The summed E-state index contributed by atoms with van der Waals surface area (Å²) < 4.78 is 33.0. The number of aliphatic carboxylic acids is 2. The van der Waals surface area contributed by atoms with E-state index in [4.69, 9.17) is 16.3 Å². The molecular formula is C25H22ClNO7S. The molecule has 182 valence electrons. The molecule has 2 atom stereocenters. The van der Waals surface area contributed by atoms with E-state index in [9.17, 15) is 28.2 Å². The Labute approximate surface area is 207 Å². The van der Waals surface area contributed by atoms with Gasteiger partial charge in [0.1, 0.15) is 17.8 Å². The second kappa shape index (κ2) is 9.33. The Balaban J connectivity index is 1.73. The predicted molar refractivity (Wildman–Crippen MR) is 129 cm³/mol. The Bertz CT molecular complexity index is 1370. The molecule has 0 bridgehead atoms. The Morgan fingerprint density at radius 3 is 2.17 bits per heavy atom. The summed E-state index contributed by atoms with van der Waals surface area (Å²) in [6.45, 7) is -0.992. The second-order valence-electron chi connectivity index (χ2n) is 8.20.